The van der Waals surface area contributed by atoms with Crippen LogP contribution in [-0.4, -0.2) is 86.2 Å². The van der Waals surface area contributed by atoms with Crippen molar-refractivity contribution in [2.75, 3.05) is 52.4 Å². The molecule has 3 heterocycles. The number of amides is 2. The van der Waals surface area contributed by atoms with Crippen molar-refractivity contribution in [1.82, 2.24) is 20.4 Å². The van der Waals surface area contributed by atoms with Crippen LogP contribution < -0.4 is 20.1 Å². The number of rotatable bonds is 7. The average molecular weight is 613 g/mol. The topological polar surface area (TPSA) is 83.1 Å². The molecule has 228 valence electrons. The van der Waals surface area contributed by atoms with Gasteiger partial charge in [0.1, 0.15) is 35.3 Å². The Morgan fingerprint density at radius 2 is 1.30 bits per heavy atom. The van der Waals surface area contributed by atoms with Crippen molar-refractivity contribution in [3.63, 3.8) is 0 Å². The molecular weight excluding hydrogens is 578 g/mol. The Kier molecular flexibility index (Phi) is 9.79. The molecule has 3 fully saturated rings. The summed E-state index contributed by atoms with van der Waals surface area (Å²) >= 11 is 0. The van der Waals surface area contributed by atoms with E-state index in [9.17, 15) is 18.4 Å². The maximum atomic E-state index is 14.4. The molecule has 0 aliphatic carbocycles. The summed E-state index contributed by atoms with van der Waals surface area (Å²) in [4.78, 5) is 30.1. The first-order valence-corrected chi connectivity index (χ1v) is 14.5. The summed E-state index contributed by atoms with van der Waals surface area (Å²) in [6.45, 7) is 4.49. The van der Waals surface area contributed by atoms with Crippen molar-refractivity contribution in [2.24, 2.45) is 0 Å². The van der Waals surface area contributed by atoms with E-state index in [1.165, 1.54) is 24.3 Å². The lowest BCUT2D eigenvalue weighted by atomic mass is 10.0. The molecule has 43 heavy (non-hydrogen) atoms. The van der Waals surface area contributed by atoms with E-state index in [1.807, 2.05) is 0 Å². The molecule has 3 aliphatic heterocycles. The van der Waals surface area contributed by atoms with Crippen LogP contribution in [0.3, 0.4) is 0 Å². The van der Waals surface area contributed by atoms with E-state index in [1.54, 1.807) is 46.2 Å². The maximum Gasteiger partial charge on any atom is 0.254 e. The summed E-state index contributed by atoms with van der Waals surface area (Å²) < 4.78 is 40.1. The Hall–Kier alpha value is -3.73. The zero-order chi connectivity index (χ0) is 29.1. The predicted octanol–water partition coefficient (Wildman–Crippen LogP) is 4.13. The van der Waals surface area contributed by atoms with Crippen molar-refractivity contribution < 1.29 is 27.8 Å². The number of carbonyl (C=O) groups is 2. The molecule has 11 heteroatoms. The summed E-state index contributed by atoms with van der Waals surface area (Å²) in [6, 6.07) is 15.6. The highest BCUT2D eigenvalue weighted by Gasteiger charge is 2.28. The molecule has 2 atom stereocenters. The van der Waals surface area contributed by atoms with Crippen molar-refractivity contribution in [3.05, 3.63) is 83.4 Å². The standard InChI is InChI=1S/C32H34F2N4O4.ClH/c33-24-4-1-21(2-5-24)29-17-22(3-6-30(29)42-27-8-10-36-20-27)31(39)37-11-13-38(14-12-37)32(40)23-15-25(34)18-28(16-23)41-26-7-9-35-19-26;/h1-6,15-18,26-27,35-36H,7-14,19-20H2;1H/t26-,27+;/m1./s1. The molecule has 0 spiro atoms. The van der Waals surface area contributed by atoms with Crippen LogP contribution in [0.5, 0.6) is 11.5 Å². The maximum absolute atomic E-state index is 14.4. The Bertz CT molecular complexity index is 1440. The number of nitrogens with zero attached hydrogens (tertiary/aromatic N) is 2. The van der Waals surface area contributed by atoms with Crippen molar-refractivity contribution in [2.45, 2.75) is 25.0 Å². The number of nitrogens with one attached hydrogen (secondary N) is 2. The van der Waals surface area contributed by atoms with Crippen LogP contribution >= 0.6 is 12.4 Å². The van der Waals surface area contributed by atoms with Gasteiger partial charge in [-0.3, -0.25) is 9.59 Å². The minimum absolute atomic E-state index is 0. The fraction of sp³-hybridized carbons (Fsp3) is 0.375. The van der Waals surface area contributed by atoms with Crippen LogP contribution in [0.2, 0.25) is 0 Å². The highest BCUT2D eigenvalue weighted by molar-refractivity contribution is 5.97. The van der Waals surface area contributed by atoms with Crippen LogP contribution in [0.25, 0.3) is 11.1 Å². The van der Waals surface area contributed by atoms with Crippen LogP contribution in [-0.2, 0) is 0 Å². The lowest BCUT2D eigenvalue weighted by Gasteiger charge is -2.35. The van der Waals surface area contributed by atoms with E-state index < -0.39 is 5.82 Å². The fourth-order valence-electron chi connectivity index (χ4n) is 5.68. The molecule has 0 aromatic heterocycles. The third-order valence-corrected chi connectivity index (χ3v) is 7.98. The van der Waals surface area contributed by atoms with Gasteiger partial charge in [0.2, 0.25) is 0 Å². The van der Waals surface area contributed by atoms with Gasteiger partial charge in [0, 0.05) is 62.0 Å². The fourth-order valence-corrected chi connectivity index (χ4v) is 5.68. The summed E-state index contributed by atoms with van der Waals surface area (Å²) in [5, 5.41) is 6.49. The Labute approximate surface area is 255 Å². The molecule has 2 amide bonds. The third kappa shape index (κ3) is 7.26. The second kappa shape index (κ2) is 13.7. The summed E-state index contributed by atoms with van der Waals surface area (Å²) in [5.74, 6) is -0.332. The molecule has 3 saturated heterocycles. The SMILES string of the molecule is Cl.O=C(c1cc(F)cc(O[C@@H]2CCNC2)c1)N1CCN(C(=O)c2ccc(O[C@H]3CCNC3)c(-c3ccc(F)cc3)c2)CC1. The van der Waals surface area contributed by atoms with Gasteiger partial charge in [-0.15, -0.1) is 12.4 Å². The monoisotopic (exact) mass is 612 g/mol. The van der Waals surface area contributed by atoms with Crippen molar-refractivity contribution >= 4 is 24.2 Å². The number of hydrogen-bond acceptors (Lipinski definition) is 6. The molecule has 2 N–H and O–H groups in total. The quantitative estimate of drug-likeness (QED) is 0.418. The van der Waals surface area contributed by atoms with E-state index in [2.05, 4.69) is 10.6 Å². The summed E-state index contributed by atoms with van der Waals surface area (Å²) in [6.07, 6.45) is 1.69. The molecule has 0 saturated carbocycles. The van der Waals surface area contributed by atoms with Crippen molar-refractivity contribution in [1.29, 1.82) is 0 Å². The molecule has 0 bridgehead atoms. The number of halogens is 3. The highest BCUT2D eigenvalue weighted by atomic mass is 35.5. The second-order valence-electron chi connectivity index (χ2n) is 10.9. The van der Waals surface area contributed by atoms with Gasteiger partial charge in [-0.05, 0) is 74.0 Å². The molecule has 8 nitrogen and oxygen atoms in total. The van der Waals surface area contributed by atoms with Gasteiger partial charge in [0.15, 0.2) is 0 Å². The second-order valence-corrected chi connectivity index (χ2v) is 10.9. The Balaban J connectivity index is 0.00000368. The van der Waals surface area contributed by atoms with E-state index >= 15 is 0 Å². The molecule has 6 rings (SSSR count). The third-order valence-electron chi connectivity index (χ3n) is 7.98. The molecule has 0 radical (unpaired) electrons. The molecular formula is C32H35ClF2N4O4. The minimum atomic E-state index is -0.524. The molecule has 0 unspecified atom stereocenters. The van der Waals surface area contributed by atoms with Crippen LogP contribution in [0.4, 0.5) is 8.78 Å². The number of piperazine rings is 1. The number of ether oxygens (including phenoxy) is 2. The molecule has 3 aromatic rings. The number of hydrogen-bond donors (Lipinski definition) is 2. The van der Waals surface area contributed by atoms with Crippen LogP contribution in [0.15, 0.2) is 60.7 Å². The predicted molar refractivity (Wildman–Crippen MR) is 161 cm³/mol. The Morgan fingerprint density at radius 3 is 1.91 bits per heavy atom. The first-order chi connectivity index (χ1) is 20.4. The van der Waals surface area contributed by atoms with Gasteiger partial charge >= 0.3 is 0 Å². The van der Waals surface area contributed by atoms with Crippen molar-refractivity contribution in [3.8, 4) is 22.6 Å². The van der Waals surface area contributed by atoms with E-state index in [-0.39, 0.29) is 47.8 Å². The van der Waals surface area contributed by atoms with E-state index in [0.29, 0.717) is 49.8 Å². The first kappa shape index (κ1) is 30.7. The van der Waals surface area contributed by atoms with E-state index in [4.69, 9.17) is 9.47 Å². The largest absolute Gasteiger partial charge is 0.489 e. The highest BCUT2D eigenvalue weighted by Crippen LogP contribution is 2.33. The lowest BCUT2D eigenvalue weighted by Crippen LogP contribution is -2.50. The van der Waals surface area contributed by atoms with Gasteiger partial charge in [0.05, 0.1) is 0 Å². The number of benzene rings is 3. The zero-order valence-corrected chi connectivity index (χ0v) is 24.5. The van der Waals surface area contributed by atoms with Gasteiger partial charge in [-0.2, -0.15) is 0 Å². The average Bonchev–Trinajstić information content (AvgIpc) is 3.72. The smallest absolute Gasteiger partial charge is 0.254 e. The minimum Gasteiger partial charge on any atom is -0.489 e. The summed E-state index contributed by atoms with van der Waals surface area (Å²) in [7, 11) is 0. The zero-order valence-electron chi connectivity index (χ0n) is 23.7. The normalized spacial score (nSPS) is 20.0. The molecule has 3 aliphatic rings. The lowest BCUT2D eigenvalue weighted by molar-refractivity contribution is 0.0535. The van der Waals surface area contributed by atoms with E-state index in [0.717, 1.165) is 43.6 Å². The van der Waals surface area contributed by atoms with Crippen LogP contribution in [0, 0.1) is 11.6 Å². The van der Waals surface area contributed by atoms with Gasteiger partial charge in [-0.25, -0.2) is 8.78 Å². The summed E-state index contributed by atoms with van der Waals surface area (Å²) in [5.41, 5.74) is 2.19. The van der Waals surface area contributed by atoms with Gasteiger partial charge < -0.3 is 29.9 Å². The number of carbonyl (C=O) groups excluding carboxylic acids is 2. The molecule has 3 aromatic carbocycles. The van der Waals surface area contributed by atoms with Gasteiger partial charge in [-0.1, -0.05) is 12.1 Å². The van der Waals surface area contributed by atoms with Crippen LogP contribution in [0.1, 0.15) is 33.6 Å². The Morgan fingerprint density at radius 1 is 0.698 bits per heavy atom. The van der Waals surface area contributed by atoms with Gasteiger partial charge in [0.25, 0.3) is 11.8 Å². The first-order valence-electron chi connectivity index (χ1n) is 14.5.